The molecule has 0 nitrogen and oxygen atoms in total. The first kappa shape index (κ1) is 62.0. The molecule has 4 aromatic carbocycles. The quantitative estimate of drug-likeness (QED) is 0.157. The Kier molecular flexibility index (Phi) is 116. The molecule has 0 fully saturated rings. The van der Waals surface area contributed by atoms with Crippen LogP contribution < -0.4 is 0 Å². The van der Waals surface area contributed by atoms with E-state index in [-0.39, 0.29) is 113 Å². The Morgan fingerprint density at radius 3 is 0.632 bits per heavy atom. The zero-order valence-electron chi connectivity index (χ0n) is 26.4. The maximum atomic E-state index is 2.89. The molecule has 3 heteroatoms. The van der Waals surface area contributed by atoms with E-state index in [9.17, 15) is 0 Å². The van der Waals surface area contributed by atoms with E-state index in [1.54, 1.807) is 0 Å². The van der Waals surface area contributed by atoms with Crippen molar-refractivity contribution in [3.05, 3.63) is 160 Å². The maximum Gasteiger partial charge on any atom is 0 e. The number of benzene rings is 4. The fraction of sp³-hybridized carbons (Fsp3) is 0.257. The molecule has 0 aliphatic rings. The fourth-order valence-electron chi connectivity index (χ4n) is 1.65. The minimum absolute atomic E-state index is 0. The second-order valence-corrected chi connectivity index (χ2v) is 5.04. The Labute approximate surface area is 316 Å². The summed E-state index contributed by atoms with van der Waals surface area (Å²) in [4.78, 5) is 0. The maximum absolute atomic E-state index is 2.89. The van der Waals surface area contributed by atoms with Crippen LogP contribution in [-0.4, -0.2) is 0 Å². The summed E-state index contributed by atoms with van der Waals surface area (Å²) in [6.07, 6.45) is 0. The molecule has 0 bridgehead atoms. The first-order valence-electron chi connectivity index (χ1n) is 12.3. The molecule has 0 N–H and O–H groups in total. The van der Waals surface area contributed by atoms with Gasteiger partial charge in [0.25, 0.3) is 0 Å². The van der Waals surface area contributed by atoms with Crippen LogP contribution in [0.15, 0.2) is 133 Å². The van der Waals surface area contributed by atoms with Crippen LogP contribution in [0.3, 0.4) is 0 Å². The Morgan fingerprint density at radius 1 is 0.342 bits per heavy atom. The fourth-order valence-corrected chi connectivity index (χ4v) is 1.65. The van der Waals surface area contributed by atoms with Crippen molar-refractivity contribution < 1.29 is 98.1 Å². The van der Waals surface area contributed by atoms with Gasteiger partial charge in [-0.05, 0) is 6.92 Å². The van der Waals surface area contributed by atoms with Crippen molar-refractivity contribution >= 4 is 0 Å². The summed E-state index contributed by atoms with van der Waals surface area (Å²) in [5, 5.41) is 0. The van der Waals surface area contributed by atoms with Crippen molar-refractivity contribution in [3.8, 4) is 0 Å². The zero-order valence-corrected chi connectivity index (χ0v) is 34.9. The SMILES string of the molecule is CC.CC.CC.CC.Cc1ccccc1.[CH3-].[CH3-].[Y].[Y].[Y].[c-]1ccccc1.c1ccccc1.c1ccccc1. The van der Waals surface area contributed by atoms with Gasteiger partial charge in [0, 0.05) is 98.1 Å². The first-order valence-corrected chi connectivity index (χ1v) is 12.3. The second-order valence-electron chi connectivity index (χ2n) is 5.04. The van der Waals surface area contributed by atoms with Gasteiger partial charge >= 0.3 is 0 Å². The molecule has 0 aromatic heterocycles. The van der Waals surface area contributed by atoms with Crippen LogP contribution >= 0.6 is 0 Å². The summed E-state index contributed by atoms with van der Waals surface area (Å²) in [5.41, 5.74) is 1.32. The molecule has 0 spiro atoms. The van der Waals surface area contributed by atoms with E-state index in [0.29, 0.717) is 0 Å². The average molecular weight is 743 g/mol. The molecule has 0 aliphatic heterocycles. The summed E-state index contributed by atoms with van der Waals surface area (Å²) in [5.74, 6) is 0. The van der Waals surface area contributed by atoms with Crippen molar-refractivity contribution in [2.45, 2.75) is 62.3 Å². The monoisotopic (exact) mass is 742 g/mol. The molecule has 0 atom stereocenters. The minimum Gasteiger partial charge on any atom is -0.358 e. The topological polar surface area (TPSA) is 0 Å². The predicted octanol–water partition coefficient (Wildman–Crippen LogP) is 11.9. The molecule has 0 unspecified atom stereocenters. The zero-order chi connectivity index (χ0) is 25.8. The van der Waals surface area contributed by atoms with Crippen LogP contribution in [0.1, 0.15) is 61.0 Å². The van der Waals surface area contributed by atoms with Crippen LogP contribution in [0.2, 0.25) is 0 Å². The first-order chi connectivity index (χ1) is 16.4. The summed E-state index contributed by atoms with van der Waals surface area (Å²) >= 11 is 0. The normalized spacial score (nSPS) is 6.03. The van der Waals surface area contributed by atoms with E-state index >= 15 is 0 Å². The third-order valence-corrected chi connectivity index (χ3v) is 2.88. The van der Waals surface area contributed by atoms with Crippen LogP contribution in [0.5, 0.6) is 0 Å². The van der Waals surface area contributed by atoms with Crippen molar-refractivity contribution in [3.63, 3.8) is 0 Å². The number of hydrogen-bond donors (Lipinski definition) is 0. The summed E-state index contributed by atoms with van der Waals surface area (Å²) < 4.78 is 0. The minimum atomic E-state index is 0. The van der Waals surface area contributed by atoms with E-state index in [0.717, 1.165) is 0 Å². The third kappa shape index (κ3) is 65.3. The van der Waals surface area contributed by atoms with Gasteiger partial charge in [0.15, 0.2) is 0 Å². The Morgan fingerprint density at radius 2 is 0.526 bits per heavy atom. The summed E-state index contributed by atoms with van der Waals surface area (Å²) in [6.45, 7) is 18.1. The molecule has 3 radical (unpaired) electrons. The van der Waals surface area contributed by atoms with E-state index < -0.39 is 0 Å². The Balaban J connectivity index is -0.0000000373. The van der Waals surface area contributed by atoms with Gasteiger partial charge in [0.2, 0.25) is 0 Å². The van der Waals surface area contributed by atoms with Gasteiger partial charge in [-0.2, -0.15) is 36.4 Å². The van der Waals surface area contributed by atoms with Crippen molar-refractivity contribution in [2.75, 3.05) is 0 Å². The van der Waals surface area contributed by atoms with Gasteiger partial charge < -0.3 is 14.9 Å². The molecule has 0 saturated carbocycles. The molecule has 38 heavy (non-hydrogen) atoms. The van der Waals surface area contributed by atoms with Crippen molar-refractivity contribution in [2.24, 2.45) is 0 Å². The molecule has 0 heterocycles. The molecule has 207 valence electrons. The van der Waals surface area contributed by atoms with Crippen LogP contribution in [-0.2, 0) is 98.1 Å². The number of rotatable bonds is 0. The van der Waals surface area contributed by atoms with E-state index in [2.05, 4.69) is 25.1 Å². The van der Waals surface area contributed by atoms with Gasteiger partial charge in [0.05, 0.1) is 0 Å². The van der Waals surface area contributed by atoms with Gasteiger partial charge in [-0.1, -0.05) is 164 Å². The van der Waals surface area contributed by atoms with Crippen molar-refractivity contribution in [1.82, 2.24) is 0 Å². The largest absolute Gasteiger partial charge is 0.358 e. The van der Waals surface area contributed by atoms with Crippen LogP contribution in [0, 0.1) is 27.8 Å². The van der Waals surface area contributed by atoms with E-state index in [1.807, 2.05) is 177 Å². The van der Waals surface area contributed by atoms with Crippen LogP contribution in [0.4, 0.5) is 0 Å². The second kappa shape index (κ2) is 71.0. The van der Waals surface area contributed by atoms with E-state index in [1.165, 1.54) is 5.56 Å². The molecule has 0 amide bonds. The average Bonchev–Trinajstić information content (AvgIpc) is 2.97. The number of aryl methyl sites for hydroxylation is 1. The number of hydrogen-bond acceptors (Lipinski definition) is 0. The predicted molar refractivity (Wildman–Crippen MR) is 168 cm³/mol. The van der Waals surface area contributed by atoms with Gasteiger partial charge in [0.1, 0.15) is 0 Å². The molecule has 0 saturated heterocycles. The van der Waals surface area contributed by atoms with Crippen molar-refractivity contribution in [1.29, 1.82) is 0 Å². The molecular weight excluding hydrogens is 687 g/mol. The van der Waals surface area contributed by atoms with Gasteiger partial charge in [-0.3, -0.25) is 0 Å². The van der Waals surface area contributed by atoms with Gasteiger partial charge in [-0.15, -0.1) is 0 Å². The Hall–Kier alpha value is 0.192. The third-order valence-electron chi connectivity index (χ3n) is 2.88. The summed E-state index contributed by atoms with van der Waals surface area (Å²) in [7, 11) is 0. The van der Waals surface area contributed by atoms with E-state index in [4.69, 9.17) is 0 Å². The molecular formula is C35H55Y3-3. The molecule has 4 rings (SSSR count). The van der Waals surface area contributed by atoms with Crippen LogP contribution in [0.25, 0.3) is 0 Å². The molecule has 0 aliphatic carbocycles. The Bertz CT molecular complexity index is 550. The summed E-state index contributed by atoms with van der Waals surface area (Å²) in [6, 6.07) is 46.8. The van der Waals surface area contributed by atoms with Gasteiger partial charge in [-0.25, -0.2) is 0 Å². The standard InChI is InChI=1S/C7H8.2C6H6.C6H5.4C2H6.2CH3.3Y/c1-7-5-3-2-4-6-7;3*1-2-4-6-5-3-1;4*1-2;;;;;/h2-6H,1H3;2*1-6H;1-5H;4*1-2H3;2*1H3;;;/q;;;-1;;;;;2*-1;;;. The molecule has 4 aromatic rings. The smallest absolute Gasteiger partial charge is 0 e.